The number of rotatable bonds is 4. The lowest BCUT2D eigenvalue weighted by Crippen LogP contribution is -2.14. The van der Waals surface area contributed by atoms with Crippen LogP contribution in [0, 0.1) is 3.57 Å². The molecular weight excluding hydrogens is 289 g/mol. The molecule has 3 nitrogen and oxygen atoms in total. The molecule has 0 atom stereocenters. The molecule has 1 aromatic rings. The van der Waals surface area contributed by atoms with Crippen LogP contribution in [0.4, 0.5) is 5.69 Å². The molecule has 0 saturated heterocycles. The summed E-state index contributed by atoms with van der Waals surface area (Å²) in [5.74, 6) is 0. The Morgan fingerprint density at radius 2 is 1.86 bits per heavy atom. The minimum absolute atomic E-state index is 0.892. The zero-order valence-corrected chi connectivity index (χ0v) is 10.6. The van der Waals surface area contributed by atoms with Crippen molar-refractivity contribution in [1.29, 1.82) is 0 Å². The molecule has 0 aliphatic rings. The van der Waals surface area contributed by atoms with Crippen LogP contribution in [0.1, 0.15) is 13.8 Å². The highest BCUT2D eigenvalue weighted by Gasteiger charge is 1.96. The highest BCUT2D eigenvalue weighted by atomic mass is 127. The Hall–Kier alpha value is -0.650. The van der Waals surface area contributed by atoms with Crippen LogP contribution in [-0.4, -0.2) is 18.1 Å². The standard InChI is InChI=1S/C10H14IN3/c1-3-14(4-2)13-12-10-8-6-5-7-9(10)11/h5-8H,3-4H2,1-2H3/b13-12-. The number of halogens is 1. The average Bonchev–Trinajstić information content (AvgIpc) is 2.22. The van der Waals surface area contributed by atoms with E-state index in [-0.39, 0.29) is 0 Å². The number of nitrogens with zero attached hydrogens (tertiary/aromatic N) is 3. The van der Waals surface area contributed by atoms with E-state index < -0.39 is 0 Å². The molecule has 0 N–H and O–H groups in total. The highest BCUT2D eigenvalue weighted by Crippen LogP contribution is 2.20. The van der Waals surface area contributed by atoms with Gasteiger partial charge >= 0.3 is 0 Å². The second-order valence-electron chi connectivity index (χ2n) is 2.78. The van der Waals surface area contributed by atoms with Gasteiger partial charge in [0, 0.05) is 16.7 Å². The van der Waals surface area contributed by atoms with Crippen molar-refractivity contribution < 1.29 is 0 Å². The molecule has 0 fully saturated rings. The monoisotopic (exact) mass is 303 g/mol. The van der Waals surface area contributed by atoms with E-state index in [2.05, 4.69) is 46.8 Å². The predicted molar refractivity (Wildman–Crippen MR) is 66.6 cm³/mol. The van der Waals surface area contributed by atoms with Gasteiger partial charge in [0.25, 0.3) is 0 Å². The van der Waals surface area contributed by atoms with Gasteiger partial charge in [-0.25, -0.2) is 0 Å². The number of hydrogen-bond donors (Lipinski definition) is 0. The quantitative estimate of drug-likeness (QED) is 0.474. The third-order valence-corrected chi connectivity index (χ3v) is 2.77. The first-order valence-corrected chi connectivity index (χ1v) is 5.77. The maximum atomic E-state index is 4.19. The minimum Gasteiger partial charge on any atom is -0.279 e. The molecule has 0 amide bonds. The van der Waals surface area contributed by atoms with Crippen LogP contribution in [0.25, 0.3) is 0 Å². The summed E-state index contributed by atoms with van der Waals surface area (Å²) in [7, 11) is 0. The summed E-state index contributed by atoms with van der Waals surface area (Å²) < 4.78 is 1.13. The van der Waals surface area contributed by atoms with Gasteiger partial charge in [0.05, 0.1) is 0 Å². The first-order chi connectivity index (χ1) is 6.77. The van der Waals surface area contributed by atoms with E-state index in [9.17, 15) is 0 Å². The molecule has 1 rings (SSSR count). The van der Waals surface area contributed by atoms with Crippen LogP contribution in [0.15, 0.2) is 34.6 Å². The first-order valence-electron chi connectivity index (χ1n) is 4.69. The number of benzene rings is 1. The zero-order valence-electron chi connectivity index (χ0n) is 8.44. The normalized spacial score (nSPS) is 10.8. The van der Waals surface area contributed by atoms with Gasteiger partial charge < -0.3 is 0 Å². The van der Waals surface area contributed by atoms with Gasteiger partial charge in [0.2, 0.25) is 0 Å². The van der Waals surface area contributed by atoms with Crippen LogP contribution in [0.2, 0.25) is 0 Å². The second-order valence-corrected chi connectivity index (χ2v) is 3.94. The molecule has 14 heavy (non-hydrogen) atoms. The van der Waals surface area contributed by atoms with E-state index in [0.29, 0.717) is 0 Å². The minimum atomic E-state index is 0.892. The summed E-state index contributed by atoms with van der Waals surface area (Å²) in [5, 5.41) is 10.3. The molecule has 0 heterocycles. The molecule has 0 radical (unpaired) electrons. The van der Waals surface area contributed by atoms with Crippen molar-refractivity contribution in [3.05, 3.63) is 27.8 Å². The Labute approximate surface area is 98.3 Å². The van der Waals surface area contributed by atoms with Gasteiger partial charge in [-0.05, 0) is 48.6 Å². The van der Waals surface area contributed by atoms with E-state index >= 15 is 0 Å². The van der Waals surface area contributed by atoms with Crippen LogP contribution >= 0.6 is 22.6 Å². The summed E-state index contributed by atoms with van der Waals surface area (Å²) >= 11 is 2.26. The van der Waals surface area contributed by atoms with Crippen LogP contribution < -0.4 is 0 Å². The molecule has 0 unspecified atom stereocenters. The Morgan fingerprint density at radius 1 is 1.21 bits per heavy atom. The van der Waals surface area contributed by atoms with Crippen LogP contribution in [0.3, 0.4) is 0 Å². The Bertz CT molecular complexity index is 308. The van der Waals surface area contributed by atoms with Crippen LogP contribution in [0.5, 0.6) is 0 Å². The molecule has 0 aliphatic heterocycles. The summed E-state index contributed by atoms with van der Waals surface area (Å²) in [6.45, 7) is 5.92. The lowest BCUT2D eigenvalue weighted by Gasteiger charge is -2.11. The first kappa shape index (κ1) is 11.4. The third kappa shape index (κ3) is 3.25. The maximum absolute atomic E-state index is 4.19. The van der Waals surface area contributed by atoms with Gasteiger partial charge in [-0.3, -0.25) is 5.01 Å². The van der Waals surface area contributed by atoms with Crippen molar-refractivity contribution in [2.75, 3.05) is 13.1 Å². The van der Waals surface area contributed by atoms with Crippen molar-refractivity contribution >= 4 is 28.3 Å². The smallest absolute Gasteiger partial charge is 0.101 e. The van der Waals surface area contributed by atoms with Gasteiger partial charge in [-0.1, -0.05) is 17.4 Å². The molecule has 0 aliphatic carbocycles. The molecular formula is C10H14IN3. The lowest BCUT2D eigenvalue weighted by molar-refractivity contribution is 0.300. The molecule has 0 saturated carbocycles. The topological polar surface area (TPSA) is 28.0 Å². The SMILES string of the molecule is CCN(CC)/N=N\c1ccccc1I. The molecule has 1 aromatic carbocycles. The fourth-order valence-electron chi connectivity index (χ4n) is 0.994. The van der Waals surface area contributed by atoms with Crippen molar-refractivity contribution in [3.8, 4) is 0 Å². The summed E-state index contributed by atoms with van der Waals surface area (Å²) in [6.07, 6.45) is 0. The van der Waals surface area contributed by atoms with Gasteiger partial charge in [-0.2, -0.15) is 0 Å². The second kappa shape index (κ2) is 5.95. The fraction of sp³-hybridized carbons (Fsp3) is 0.400. The maximum Gasteiger partial charge on any atom is 0.101 e. The molecule has 0 spiro atoms. The zero-order chi connectivity index (χ0) is 10.4. The van der Waals surface area contributed by atoms with E-state index in [0.717, 1.165) is 22.3 Å². The summed E-state index contributed by atoms with van der Waals surface area (Å²) in [4.78, 5) is 0. The average molecular weight is 303 g/mol. The van der Waals surface area contributed by atoms with Gasteiger partial charge in [0.15, 0.2) is 0 Å². The van der Waals surface area contributed by atoms with E-state index in [1.807, 2.05) is 29.3 Å². The summed E-state index contributed by atoms with van der Waals surface area (Å²) in [5.41, 5.74) is 0.931. The predicted octanol–water partition coefficient (Wildman–Crippen LogP) is 3.63. The van der Waals surface area contributed by atoms with Crippen molar-refractivity contribution in [1.82, 2.24) is 5.01 Å². The molecule has 0 aromatic heterocycles. The lowest BCUT2D eigenvalue weighted by atomic mass is 10.3. The Morgan fingerprint density at radius 3 is 2.43 bits per heavy atom. The van der Waals surface area contributed by atoms with Gasteiger partial charge in [0.1, 0.15) is 5.69 Å². The van der Waals surface area contributed by atoms with Crippen molar-refractivity contribution in [2.45, 2.75) is 13.8 Å². The highest BCUT2D eigenvalue weighted by molar-refractivity contribution is 14.1. The van der Waals surface area contributed by atoms with E-state index in [4.69, 9.17) is 0 Å². The Balaban J connectivity index is 2.72. The van der Waals surface area contributed by atoms with Gasteiger partial charge in [-0.15, -0.1) is 5.11 Å². The molecule has 76 valence electrons. The summed E-state index contributed by atoms with van der Waals surface area (Å²) in [6, 6.07) is 7.96. The number of hydrogen-bond acceptors (Lipinski definition) is 2. The molecule has 0 bridgehead atoms. The van der Waals surface area contributed by atoms with Crippen molar-refractivity contribution in [3.63, 3.8) is 0 Å². The molecule has 4 heteroatoms. The third-order valence-electron chi connectivity index (χ3n) is 1.86. The van der Waals surface area contributed by atoms with Crippen LogP contribution in [-0.2, 0) is 0 Å². The van der Waals surface area contributed by atoms with E-state index in [1.54, 1.807) is 0 Å². The largest absolute Gasteiger partial charge is 0.279 e. The fourth-order valence-corrected chi connectivity index (χ4v) is 1.49. The Kier molecular flexibility index (Phi) is 4.86. The van der Waals surface area contributed by atoms with E-state index in [1.165, 1.54) is 0 Å². The van der Waals surface area contributed by atoms with Crippen molar-refractivity contribution in [2.24, 2.45) is 10.3 Å².